The van der Waals surface area contributed by atoms with E-state index in [4.69, 9.17) is 0 Å². The van der Waals surface area contributed by atoms with E-state index in [1.54, 1.807) is 12.3 Å². The number of nitrogens with one attached hydrogen (secondary N) is 2. The number of carbonyl (C=O) groups excluding carboxylic acids is 1. The van der Waals surface area contributed by atoms with Crippen molar-refractivity contribution in [1.29, 1.82) is 0 Å². The van der Waals surface area contributed by atoms with Crippen molar-refractivity contribution in [1.82, 2.24) is 15.2 Å². The molecule has 130 valence electrons. The highest BCUT2D eigenvalue weighted by Crippen LogP contribution is 2.33. The molecule has 2 aromatic heterocycles. The van der Waals surface area contributed by atoms with Gasteiger partial charge in [-0.15, -0.1) is 0 Å². The second-order valence-corrected chi connectivity index (χ2v) is 7.38. The van der Waals surface area contributed by atoms with Crippen molar-refractivity contribution >= 4 is 49.2 Å². The number of H-pyrrole nitrogens is 1. The first-order valence-corrected chi connectivity index (χ1v) is 9.02. The van der Waals surface area contributed by atoms with Gasteiger partial charge in [0.2, 0.25) is 5.91 Å². The maximum atomic E-state index is 13.3. The van der Waals surface area contributed by atoms with Crippen LogP contribution in [0.2, 0.25) is 0 Å². The summed E-state index contributed by atoms with van der Waals surface area (Å²) in [6, 6.07) is 10.2. The first-order valence-electron chi connectivity index (χ1n) is 8.21. The molecular weight excluding hydrogens is 353 g/mol. The summed E-state index contributed by atoms with van der Waals surface area (Å²) < 4.78 is 14.1. The van der Waals surface area contributed by atoms with Crippen LogP contribution in [0.5, 0.6) is 0 Å². The van der Waals surface area contributed by atoms with Gasteiger partial charge < -0.3 is 10.2 Å². The zero-order valence-electron chi connectivity index (χ0n) is 13.6. The number of aromatic amines is 1. The summed E-state index contributed by atoms with van der Waals surface area (Å²) in [5, 5.41) is 11.7. The predicted molar refractivity (Wildman–Crippen MR) is 100 cm³/mol. The lowest BCUT2D eigenvalue weighted by Gasteiger charge is -2.37. The van der Waals surface area contributed by atoms with E-state index in [9.17, 15) is 9.18 Å². The van der Waals surface area contributed by atoms with Crippen molar-refractivity contribution in [3.63, 3.8) is 0 Å². The van der Waals surface area contributed by atoms with Crippen LogP contribution in [0.4, 0.5) is 15.2 Å². The Hall–Kier alpha value is -3.00. The average molecular weight is 367 g/mol. The average Bonchev–Trinajstić information content (AvgIpc) is 3.18. The monoisotopic (exact) mass is 367 g/mol. The Labute approximate surface area is 151 Å². The molecular formula is C18H14FN5OS. The largest absolute Gasteiger partial charge is 0.346 e. The van der Waals surface area contributed by atoms with E-state index < -0.39 is 0 Å². The summed E-state index contributed by atoms with van der Waals surface area (Å²) in [5.41, 5.74) is 2.42. The Balaban J connectivity index is 1.25. The molecule has 1 amide bonds. The molecule has 0 saturated carbocycles. The zero-order valence-corrected chi connectivity index (χ0v) is 14.4. The van der Waals surface area contributed by atoms with E-state index in [1.807, 2.05) is 23.1 Å². The van der Waals surface area contributed by atoms with Gasteiger partial charge in [0.05, 0.1) is 27.8 Å². The molecule has 0 radical (unpaired) electrons. The van der Waals surface area contributed by atoms with Gasteiger partial charge in [0.15, 0.2) is 5.13 Å². The SMILES string of the molecule is O=C(Nc1ccc2cn[nH]c2c1)C1CN(c2nc3ccc(F)cc3s2)C1. The molecule has 1 aliphatic rings. The van der Waals surface area contributed by atoms with Crippen molar-refractivity contribution < 1.29 is 9.18 Å². The summed E-state index contributed by atoms with van der Waals surface area (Å²) >= 11 is 1.45. The van der Waals surface area contributed by atoms with Crippen LogP contribution in [0, 0.1) is 11.7 Å². The number of fused-ring (bicyclic) bond motifs is 2. The molecule has 8 heteroatoms. The van der Waals surface area contributed by atoms with E-state index in [0.717, 1.165) is 31.9 Å². The van der Waals surface area contributed by atoms with Gasteiger partial charge in [-0.2, -0.15) is 5.10 Å². The predicted octanol–water partition coefficient (Wildman–Crippen LogP) is 3.39. The Bertz CT molecular complexity index is 1130. The molecule has 3 heterocycles. The molecule has 0 atom stereocenters. The summed E-state index contributed by atoms with van der Waals surface area (Å²) in [6.45, 7) is 1.22. The number of amides is 1. The molecule has 26 heavy (non-hydrogen) atoms. The number of thiazole rings is 1. The summed E-state index contributed by atoms with van der Waals surface area (Å²) in [7, 11) is 0. The Kier molecular flexibility index (Phi) is 3.39. The van der Waals surface area contributed by atoms with Gasteiger partial charge in [-0.3, -0.25) is 9.89 Å². The molecule has 1 aliphatic heterocycles. The molecule has 2 aromatic carbocycles. The second-order valence-electron chi connectivity index (χ2n) is 6.37. The third-order valence-electron chi connectivity index (χ3n) is 4.57. The molecule has 0 unspecified atom stereocenters. The van der Waals surface area contributed by atoms with Crippen molar-refractivity contribution in [3.05, 3.63) is 48.4 Å². The fourth-order valence-corrected chi connectivity index (χ4v) is 4.09. The van der Waals surface area contributed by atoms with E-state index in [-0.39, 0.29) is 17.6 Å². The fraction of sp³-hybridized carbons (Fsp3) is 0.167. The summed E-state index contributed by atoms with van der Waals surface area (Å²) in [5.74, 6) is -0.355. The number of rotatable bonds is 3. The number of anilines is 2. The van der Waals surface area contributed by atoms with Crippen molar-refractivity contribution in [2.75, 3.05) is 23.3 Å². The lowest BCUT2D eigenvalue weighted by Crippen LogP contribution is -2.52. The highest BCUT2D eigenvalue weighted by Gasteiger charge is 2.34. The highest BCUT2D eigenvalue weighted by atomic mass is 32.1. The lowest BCUT2D eigenvalue weighted by atomic mass is 10.00. The second kappa shape index (κ2) is 5.77. The van der Waals surface area contributed by atoms with Crippen LogP contribution in [0.1, 0.15) is 0 Å². The van der Waals surface area contributed by atoms with Crippen molar-refractivity contribution in [2.45, 2.75) is 0 Å². The molecule has 1 saturated heterocycles. The van der Waals surface area contributed by atoms with E-state index in [2.05, 4.69) is 20.5 Å². The molecule has 0 bridgehead atoms. The number of hydrogen-bond donors (Lipinski definition) is 2. The normalized spacial score (nSPS) is 14.7. The van der Waals surface area contributed by atoms with Gasteiger partial charge in [-0.25, -0.2) is 9.37 Å². The van der Waals surface area contributed by atoms with Crippen LogP contribution >= 0.6 is 11.3 Å². The molecule has 4 aromatic rings. The summed E-state index contributed by atoms with van der Waals surface area (Å²) in [4.78, 5) is 19.0. The number of hydrogen-bond acceptors (Lipinski definition) is 5. The molecule has 5 rings (SSSR count). The smallest absolute Gasteiger partial charge is 0.231 e. The van der Waals surface area contributed by atoms with Gasteiger partial charge in [0.1, 0.15) is 5.82 Å². The minimum Gasteiger partial charge on any atom is -0.346 e. The van der Waals surface area contributed by atoms with Crippen LogP contribution in [0.15, 0.2) is 42.6 Å². The number of benzene rings is 2. The minimum atomic E-state index is -0.261. The van der Waals surface area contributed by atoms with Crippen LogP contribution in [0.3, 0.4) is 0 Å². The van der Waals surface area contributed by atoms with Gasteiger partial charge >= 0.3 is 0 Å². The highest BCUT2D eigenvalue weighted by molar-refractivity contribution is 7.22. The van der Waals surface area contributed by atoms with Gasteiger partial charge in [0, 0.05) is 24.2 Å². The zero-order chi connectivity index (χ0) is 17.7. The lowest BCUT2D eigenvalue weighted by molar-refractivity contribution is -0.120. The third kappa shape index (κ3) is 2.59. The van der Waals surface area contributed by atoms with Crippen LogP contribution in [0.25, 0.3) is 21.1 Å². The van der Waals surface area contributed by atoms with Gasteiger partial charge in [0.25, 0.3) is 0 Å². The standard InChI is InChI=1S/C18H14FN5OS/c19-12-2-4-14-16(5-12)26-18(22-14)24-8-11(9-24)17(25)21-13-3-1-10-7-20-23-15(10)6-13/h1-7,11H,8-9H2,(H,20,23)(H,21,25). The molecule has 0 aliphatic carbocycles. The van der Waals surface area contributed by atoms with E-state index in [0.29, 0.717) is 13.1 Å². The molecule has 0 spiro atoms. The Morgan fingerprint density at radius 3 is 3.04 bits per heavy atom. The minimum absolute atomic E-state index is 0.00716. The molecule has 1 fully saturated rings. The first-order chi connectivity index (χ1) is 12.7. The topological polar surface area (TPSA) is 73.9 Å². The molecule has 2 N–H and O–H groups in total. The number of halogens is 1. The van der Waals surface area contributed by atoms with Crippen LogP contribution < -0.4 is 10.2 Å². The number of nitrogens with zero attached hydrogens (tertiary/aromatic N) is 3. The third-order valence-corrected chi connectivity index (χ3v) is 5.65. The molecule has 6 nitrogen and oxygen atoms in total. The Morgan fingerprint density at radius 2 is 2.15 bits per heavy atom. The number of carbonyl (C=O) groups is 1. The Morgan fingerprint density at radius 1 is 1.27 bits per heavy atom. The fourth-order valence-electron chi connectivity index (χ4n) is 3.08. The van der Waals surface area contributed by atoms with Crippen molar-refractivity contribution in [2.24, 2.45) is 5.92 Å². The maximum absolute atomic E-state index is 13.3. The van der Waals surface area contributed by atoms with Gasteiger partial charge in [-0.05, 0) is 36.4 Å². The van der Waals surface area contributed by atoms with Crippen molar-refractivity contribution in [3.8, 4) is 0 Å². The first kappa shape index (κ1) is 15.3. The van der Waals surface area contributed by atoms with Crippen LogP contribution in [-0.4, -0.2) is 34.2 Å². The maximum Gasteiger partial charge on any atom is 0.231 e. The summed E-state index contributed by atoms with van der Waals surface area (Å²) in [6.07, 6.45) is 1.74. The van der Waals surface area contributed by atoms with E-state index in [1.165, 1.54) is 23.5 Å². The number of aromatic nitrogens is 3. The van der Waals surface area contributed by atoms with Crippen LogP contribution in [-0.2, 0) is 4.79 Å². The van der Waals surface area contributed by atoms with E-state index >= 15 is 0 Å². The van der Waals surface area contributed by atoms with Gasteiger partial charge in [-0.1, -0.05) is 11.3 Å². The quantitative estimate of drug-likeness (QED) is 0.582.